The number of aromatic amines is 1. The first-order chi connectivity index (χ1) is 14.9. The van der Waals surface area contributed by atoms with Gasteiger partial charge in [-0.3, -0.25) is 0 Å². The van der Waals surface area contributed by atoms with Crippen molar-refractivity contribution in [1.29, 1.82) is 0 Å². The molecule has 0 bridgehead atoms. The molecule has 4 aromatic rings. The van der Waals surface area contributed by atoms with Crippen molar-refractivity contribution >= 4 is 28.6 Å². The molecule has 6 nitrogen and oxygen atoms in total. The van der Waals surface area contributed by atoms with E-state index < -0.39 is 5.97 Å². The highest BCUT2D eigenvalue weighted by atomic mass is 35.5. The van der Waals surface area contributed by atoms with Crippen LogP contribution >= 0.6 is 11.6 Å². The zero-order valence-corrected chi connectivity index (χ0v) is 17.2. The minimum absolute atomic E-state index is 0.0649. The fraction of sp³-hybridized carbons (Fsp3) is 0.130. The van der Waals surface area contributed by atoms with Crippen molar-refractivity contribution in [1.82, 2.24) is 9.97 Å². The Morgan fingerprint density at radius 3 is 2.65 bits per heavy atom. The molecule has 0 aliphatic rings. The van der Waals surface area contributed by atoms with Crippen LogP contribution in [0.5, 0.6) is 11.5 Å². The molecule has 1 heterocycles. The summed E-state index contributed by atoms with van der Waals surface area (Å²) in [6.45, 7) is 2.15. The number of aryl methyl sites for hydroxylation is 1. The Labute approximate surface area is 182 Å². The van der Waals surface area contributed by atoms with Gasteiger partial charge in [0.2, 0.25) is 0 Å². The summed E-state index contributed by atoms with van der Waals surface area (Å²) in [5.74, 6) is -0.304. The van der Waals surface area contributed by atoms with Crippen molar-refractivity contribution in [2.45, 2.75) is 20.1 Å². The molecule has 0 radical (unpaired) electrons. The van der Waals surface area contributed by atoms with Crippen LogP contribution in [0, 0.1) is 12.7 Å². The molecule has 1 aromatic heterocycles. The summed E-state index contributed by atoms with van der Waals surface area (Å²) in [5, 5.41) is 9.93. The van der Waals surface area contributed by atoms with Gasteiger partial charge in [0, 0.05) is 5.02 Å². The van der Waals surface area contributed by atoms with Crippen molar-refractivity contribution in [3.05, 3.63) is 88.0 Å². The van der Waals surface area contributed by atoms with Crippen molar-refractivity contribution in [3.63, 3.8) is 0 Å². The number of aromatic carboxylic acids is 1. The van der Waals surface area contributed by atoms with E-state index in [4.69, 9.17) is 21.1 Å². The monoisotopic (exact) mass is 440 g/mol. The van der Waals surface area contributed by atoms with Crippen molar-refractivity contribution in [2.24, 2.45) is 0 Å². The van der Waals surface area contributed by atoms with Crippen LogP contribution in [0.15, 0.2) is 54.6 Å². The third-order valence-electron chi connectivity index (χ3n) is 4.68. The van der Waals surface area contributed by atoms with Gasteiger partial charge in [-0.2, -0.15) is 0 Å². The molecule has 2 N–H and O–H groups in total. The van der Waals surface area contributed by atoms with Crippen LogP contribution in [0.4, 0.5) is 4.39 Å². The number of halogens is 2. The lowest BCUT2D eigenvalue weighted by Gasteiger charge is -2.13. The first-order valence-corrected chi connectivity index (χ1v) is 9.79. The highest BCUT2D eigenvalue weighted by Crippen LogP contribution is 2.30. The third-order valence-corrected chi connectivity index (χ3v) is 5.09. The summed E-state index contributed by atoms with van der Waals surface area (Å²) in [5.41, 5.74) is 3.04. The molecule has 0 fully saturated rings. The maximum absolute atomic E-state index is 13.4. The molecule has 8 heteroatoms. The number of benzene rings is 3. The number of imidazole rings is 1. The summed E-state index contributed by atoms with van der Waals surface area (Å²) >= 11 is 6.16. The van der Waals surface area contributed by atoms with Gasteiger partial charge >= 0.3 is 5.97 Å². The predicted molar refractivity (Wildman–Crippen MR) is 114 cm³/mol. The molecule has 0 atom stereocenters. The Balaban J connectivity index is 1.54. The average molecular weight is 441 g/mol. The number of aromatic nitrogens is 2. The second-order valence-electron chi connectivity index (χ2n) is 6.97. The fourth-order valence-corrected chi connectivity index (χ4v) is 3.21. The van der Waals surface area contributed by atoms with Crippen molar-refractivity contribution in [2.75, 3.05) is 0 Å². The van der Waals surface area contributed by atoms with Gasteiger partial charge < -0.3 is 19.6 Å². The Kier molecular flexibility index (Phi) is 5.77. The molecular weight excluding hydrogens is 423 g/mol. The molecule has 31 heavy (non-hydrogen) atoms. The summed E-state index contributed by atoms with van der Waals surface area (Å²) < 4.78 is 25.0. The minimum Gasteiger partial charge on any atom is -0.485 e. The fourth-order valence-electron chi connectivity index (χ4n) is 3.01. The van der Waals surface area contributed by atoms with Crippen LogP contribution < -0.4 is 9.47 Å². The lowest BCUT2D eigenvalue weighted by atomic mass is 10.1. The average Bonchev–Trinajstić information content (AvgIpc) is 3.15. The Morgan fingerprint density at radius 1 is 1.06 bits per heavy atom. The van der Waals surface area contributed by atoms with Crippen LogP contribution in [0.25, 0.3) is 11.0 Å². The number of rotatable bonds is 7. The highest BCUT2D eigenvalue weighted by molar-refractivity contribution is 6.31. The summed E-state index contributed by atoms with van der Waals surface area (Å²) in [6, 6.07) is 14.2. The van der Waals surface area contributed by atoms with Gasteiger partial charge in [0.1, 0.15) is 24.9 Å². The Bertz CT molecular complexity index is 1270. The largest absolute Gasteiger partial charge is 0.485 e. The van der Waals surface area contributed by atoms with E-state index in [1.54, 1.807) is 12.1 Å². The first-order valence-electron chi connectivity index (χ1n) is 9.41. The minimum atomic E-state index is -1.07. The molecule has 0 unspecified atom stereocenters. The summed E-state index contributed by atoms with van der Waals surface area (Å²) in [7, 11) is 0. The molecule has 0 aliphatic carbocycles. The second kappa shape index (κ2) is 8.65. The third kappa shape index (κ3) is 4.78. The number of carboxylic acid groups (broad SMARTS) is 1. The molecule has 3 aromatic carbocycles. The van der Waals surface area contributed by atoms with E-state index >= 15 is 0 Å². The van der Waals surface area contributed by atoms with E-state index in [2.05, 4.69) is 9.97 Å². The van der Waals surface area contributed by atoms with Crippen LogP contribution in [0.2, 0.25) is 5.02 Å². The standard InChI is InChI=1S/C23H18ClFN2O4/c1-13-2-3-14(8-17(13)24)11-30-21-9-15(23(28)29)4-7-20(21)31-12-22-26-18-6-5-16(25)10-19(18)27-22/h2-10H,11-12H2,1H3,(H,26,27)(H,28,29). The molecule has 0 amide bonds. The number of hydrogen-bond donors (Lipinski definition) is 2. The second-order valence-corrected chi connectivity index (χ2v) is 7.38. The van der Waals surface area contributed by atoms with Crippen LogP contribution in [-0.2, 0) is 13.2 Å². The molecular formula is C23H18ClFN2O4. The van der Waals surface area contributed by atoms with Gasteiger partial charge in [-0.05, 0) is 60.5 Å². The van der Waals surface area contributed by atoms with E-state index in [1.165, 1.54) is 30.3 Å². The molecule has 0 spiro atoms. The smallest absolute Gasteiger partial charge is 0.335 e. The van der Waals surface area contributed by atoms with E-state index in [9.17, 15) is 14.3 Å². The van der Waals surface area contributed by atoms with Gasteiger partial charge in [0.25, 0.3) is 0 Å². The first kappa shape index (κ1) is 20.7. The van der Waals surface area contributed by atoms with E-state index in [0.29, 0.717) is 27.6 Å². The number of ether oxygens (including phenoxy) is 2. The predicted octanol–water partition coefficient (Wildman–Crippen LogP) is 5.52. The number of fused-ring (bicyclic) bond motifs is 1. The SMILES string of the molecule is Cc1ccc(COc2cc(C(=O)O)ccc2OCc2nc3ccc(F)cc3[nH]2)cc1Cl. The highest BCUT2D eigenvalue weighted by Gasteiger charge is 2.13. The van der Waals surface area contributed by atoms with Crippen molar-refractivity contribution < 1.29 is 23.8 Å². The number of carbonyl (C=O) groups is 1. The lowest BCUT2D eigenvalue weighted by molar-refractivity contribution is 0.0696. The number of H-pyrrole nitrogens is 1. The van der Waals surface area contributed by atoms with E-state index in [1.807, 2.05) is 19.1 Å². The van der Waals surface area contributed by atoms with E-state index in [0.717, 1.165) is 11.1 Å². The van der Waals surface area contributed by atoms with Gasteiger partial charge in [-0.1, -0.05) is 23.7 Å². The zero-order chi connectivity index (χ0) is 22.0. The Hall–Kier alpha value is -3.58. The molecule has 0 saturated carbocycles. The maximum atomic E-state index is 13.4. The summed E-state index contributed by atoms with van der Waals surface area (Å²) in [6.07, 6.45) is 0. The quantitative estimate of drug-likeness (QED) is 0.395. The zero-order valence-electron chi connectivity index (χ0n) is 16.5. The van der Waals surface area contributed by atoms with Gasteiger partial charge in [0.15, 0.2) is 11.5 Å². The van der Waals surface area contributed by atoms with Crippen molar-refractivity contribution in [3.8, 4) is 11.5 Å². The number of hydrogen-bond acceptors (Lipinski definition) is 4. The van der Waals surface area contributed by atoms with E-state index in [-0.39, 0.29) is 30.3 Å². The number of nitrogens with zero attached hydrogens (tertiary/aromatic N) is 1. The topological polar surface area (TPSA) is 84.4 Å². The number of carboxylic acids is 1. The van der Waals surface area contributed by atoms with Gasteiger partial charge in [-0.25, -0.2) is 14.2 Å². The maximum Gasteiger partial charge on any atom is 0.335 e. The van der Waals surface area contributed by atoms with Crippen LogP contribution in [0.1, 0.15) is 27.3 Å². The number of nitrogens with one attached hydrogen (secondary N) is 1. The summed E-state index contributed by atoms with van der Waals surface area (Å²) in [4.78, 5) is 18.7. The van der Waals surface area contributed by atoms with Crippen LogP contribution in [-0.4, -0.2) is 21.0 Å². The molecule has 0 aliphatic heterocycles. The Morgan fingerprint density at radius 2 is 1.87 bits per heavy atom. The molecule has 0 saturated heterocycles. The molecule has 158 valence electrons. The van der Waals surface area contributed by atoms with Gasteiger partial charge in [-0.15, -0.1) is 0 Å². The van der Waals surface area contributed by atoms with Gasteiger partial charge in [0.05, 0.1) is 16.6 Å². The normalized spacial score (nSPS) is 10.9. The lowest BCUT2D eigenvalue weighted by Crippen LogP contribution is -2.04. The molecule has 4 rings (SSSR count). The van der Waals surface area contributed by atoms with Crippen LogP contribution in [0.3, 0.4) is 0 Å².